The van der Waals surface area contributed by atoms with Crippen LogP contribution in [0, 0.1) is 0 Å². The first-order valence-corrected chi connectivity index (χ1v) is 8.38. The summed E-state index contributed by atoms with van der Waals surface area (Å²) in [6.45, 7) is 5.94. The van der Waals surface area contributed by atoms with Gasteiger partial charge in [-0.3, -0.25) is 4.79 Å². The average molecular weight is 309 g/mol. The Morgan fingerprint density at radius 3 is 3.00 bits per heavy atom. The third-order valence-electron chi connectivity index (χ3n) is 3.86. The highest BCUT2D eigenvalue weighted by atomic mass is 32.1. The lowest BCUT2D eigenvalue weighted by Gasteiger charge is -2.17. The smallest absolute Gasteiger partial charge is 0.315 e. The minimum Gasteiger partial charge on any atom is -0.341 e. The Kier molecular flexibility index (Phi) is 5.61. The van der Waals surface area contributed by atoms with E-state index in [1.54, 1.807) is 11.3 Å². The van der Waals surface area contributed by atoms with E-state index in [9.17, 15) is 9.59 Å². The lowest BCUT2D eigenvalue weighted by atomic mass is 10.1. The van der Waals surface area contributed by atoms with E-state index in [1.807, 2.05) is 17.2 Å². The van der Waals surface area contributed by atoms with Gasteiger partial charge in [0.05, 0.1) is 0 Å². The van der Waals surface area contributed by atoms with E-state index in [4.69, 9.17) is 0 Å². The summed E-state index contributed by atoms with van der Waals surface area (Å²) < 4.78 is 0. The van der Waals surface area contributed by atoms with E-state index in [0.717, 1.165) is 13.0 Å². The summed E-state index contributed by atoms with van der Waals surface area (Å²) in [4.78, 5) is 25.3. The summed E-state index contributed by atoms with van der Waals surface area (Å²) in [7, 11) is 0. The Hall–Kier alpha value is -1.56. The number of rotatable bonds is 5. The first-order chi connectivity index (χ1) is 10.1. The van der Waals surface area contributed by atoms with Crippen LogP contribution in [0.4, 0.5) is 4.79 Å². The van der Waals surface area contributed by atoms with Crippen molar-refractivity contribution < 1.29 is 9.59 Å². The van der Waals surface area contributed by atoms with Crippen molar-refractivity contribution in [1.82, 2.24) is 15.5 Å². The van der Waals surface area contributed by atoms with E-state index >= 15 is 0 Å². The van der Waals surface area contributed by atoms with Crippen LogP contribution >= 0.6 is 11.3 Å². The minimum atomic E-state index is -0.145. The summed E-state index contributed by atoms with van der Waals surface area (Å²) in [6.07, 6.45) is 1.36. The molecule has 6 heteroatoms. The molecule has 2 rings (SSSR count). The maximum Gasteiger partial charge on any atom is 0.315 e. The van der Waals surface area contributed by atoms with Crippen molar-refractivity contribution in [3.8, 4) is 0 Å². The van der Waals surface area contributed by atoms with Crippen LogP contribution in [0.5, 0.6) is 0 Å². The summed E-state index contributed by atoms with van der Waals surface area (Å²) in [6, 6.07) is 2.00. The van der Waals surface area contributed by atoms with Gasteiger partial charge >= 0.3 is 6.03 Å². The number of nitrogens with one attached hydrogen (secondary N) is 2. The van der Waals surface area contributed by atoms with Gasteiger partial charge in [-0.15, -0.1) is 0 Å². The van der Waals surface area contributed by atoms with E-state index in [0.29, 0.717) is 25.4 Å². The maximum atomic E-state index is 11.9. The summed E-state index contributed by atoms with van der Waals surface area (Å²) >= 11 is 1.67. The average Bonchev–Trinajstić information content (AvgIpc) is 3.15. The van der Waals surface area contributed by atoms with Crippen LogP contribution in [0.25, 0.3) is 0 Å². The van der Waals surface area contributed by atoms with E-state index in [1.165, 1.54) is 5.56 Å². The first-order valence-electron chi connectivity index (χ1n) is 7.44. The van der Waals surface area contributed by atoms with Gasteiger partial charge < -0.3 is 15.5 Å². The number of hydrogen-bond donors (Lipinski definition) is 2. The highest BCUT2D eigenvalue weighted by Gasteiger charge is 2.26. The summed E-state index contributed by atoms with van der Waals surface area (Å²) in [5.41, 5.74) is 1.25. The van der Waals surface area contributed by atoms with Gasteiger partial charge in [0.25, 0.3) is 0 Å². The Morgan fingerprint density at radius 2 is 2.33 bits per heavy atom. The molecular weight excluding hydrogens is 286 g/mol. The molecule has 0 unspecified atom stereocenters. The molecule has 1 aromatic rings. The summed E-state index contributed by atoms with van der Waals surface area (Å²) in [5.74, 6) is 0.467. The molecule has 2 atom stereocenters. The second kappa shape index (κ2) is 7.45. The molecule has 0 spiro atoms. The highest BCUT2D eigenvalue weighted by molar-refractivity contribution is 7.07. The topological polar surface area (TPSA) is 61.4 Å². The standard InChI is InChI=1S/C15H23N3O2S/c1-3-14(19)18-6-4-13(9-18)17-15(20)16-8-11(2)12-5-7-21-10-12/h5,7,10-11,13H,3-4,6,8-9H2,1-2H3,(H2,16,17,20)/t11-,13+/m1/s1. The SMILES string of the molecule is CCC(=O)N1CC[C@H](NC(=O)NC[C@@H](C)c2ccsc2)C1. The highest BCUT2D eigenvalue weighted by Crippen LogP contribution is 2.17. The Balaban J connectivity index is 1.69. The van der Waals surface area contributed by atoms with Crippen molar-refractivity contribution in [2.45, 2.75) is 38.6 Å². The number of likely N-dealkylation sites (tertiary alicyclic amines) is 1. The van der Waals surface area contributed by atoms with Gasteiger partial charge in [-0.25, -0.2) is 4.79 Å². The normalized spacial score (nSPS) is 19.3. The van der Waals surface area contributed by atoms with Crippen LogP contribution in [0.1, 0.15) is 38.2 Å². The second-order valence-electron chi connectivity index (χ2n) is 5.49. The molecule has 0 aliphatic carbocycles. The van der Waals surface area contributed by atoms with Crippen LogP contribution < -0.4 is 10.6 Å². The van der Waals surface area contributed by atoms with Gasteiger partial charge in [0.2, 0.25) is 5.91 Å². The van der Waals surface area contributed by atoms with E-state index in [2.05, 4.69) is 29.0 Å². The second-order valence-corrected chi connectivity index (χ2v) is 6.27. The van der Waals surface area contributed by atoms with Crippen LogP contribution in [0.2, 0.25) is 0 Å². The Morgan fingerprint density at radius 1 is 1.52 bits per heavy atom. The Labute approximate surface area is 129 Å². The molecule has 1 aromatic heterocycles. The van der Waals surface area contributed by atoms with Crippen LogP contribution in [-0.4, -0.2) is 42.5 Å². The van der Waals surface area contributed by atoms with Crippen molar-refractivity contribution in [3.05, 3.63) is 22.4 Å². The number of thiophene rings is 1. The van der Waals surface area contributed by atoms with Crippen molar-refractivity contribution in [2.24, 2.45) is 0 Å². The van der Waals surface area contributed by atoms with Crippen molar-refractivity contribution in [3.63, 3.8) is 0 Å². The van der Waals surface area contributed by atoms with Gasteiger partial charge in [-0.05, 0) is 34.7 Å². The van der Waals surface area contributed by atoms with Crippen LogP contribution in [0.3, 0.4) is 0 Å². The van der Waals surface area contributed by atoms with Crippen molar-refractivity contribution >= 4 is 23.3 Å². The third-order valence-corrected chi connectivity index (χ3v) is 4.56. The zero-order chi connectivity index (χ0) is 15.2. The predicted molar refractivity (Wildman–Crippen MR) is 84.5 cm³/mol. The lowest BCUT2D eigenvalue weighted by Crippen LogP contribution is -2.44. The lowest BCUT2D eigenvalue weighted by molar-refractivity contribution is -0.129. The third kappa shape index (κ3) is 4.46. The monoisotopic (exact) mass is 309 g/mol. The first kappa shape index (κ1) is 15.8. The Bertz CT molecular complexity index is 475. The number of hydrogen-bond acceptors (Lipinski definition) is 3. The zero-order valence-electron chi connectivity index (χ0n) is 12.6. The molecule has 0 bridgehead atoms. The minimum absolute atomic E-state index is 0.0666. The largest absolute Gasteiger partial charge is 0.341 e. The fraction of sp³-hybridized carbons (Fsp3) is 0.600. The van der Waals surface area contributed by atoms with Gasteiger partial charge in [-0.2, -0.15) is 11.3 Å². The molecule has 116 valence electrons. The van der Waals surface area contributed by atoms with Gasteiger partial charge in [-0.1, -0.05) is 13.8 Å². The number of nitrogens with zero attached hydrogens (tertiary/aromatic N) is 1. The quantitative estimate of drug-likeness (QED) is 0.875. The number of carbonyl (C=O) groups excluding carboxylic acids is 2. The molecule has 1 aliphatic rings. The number of urea groups is 1. The zero-order valence-corrected chi connectivity index (χ0v) is 13.4. The molecule has 0 saturated carbocycles. The van der Waals surface area contributed by atoms with E-state index < -0.39 is 0 Å². The molecule has 3 amide bonds. The van der Waals surface area contributed by atoms with Crippen molar-refractivity contribution in [1.29, 1.82) is 0 Å². The molecular formula is C15H23N3O2S. The fourth-order valence-corrected chi connectivity index (χ4v) is 3.27. The van der Waals surface area contributed by atoms with Gasteiger partial charge in [0.1, 0.15) is 0 Å². The maximum absolute atomic E-state index is 11.9. The fourth-order valence-electron chi connectivity index (χ4n) is 2.48. The molecule has 2 N–H and O–H groups in total. The van der Waals surface area contributed by atoms with Crippen LogP contribution in [0.15, 0.2) is 16.8 Å². The van der Waals surface area contributed by atoms with Crippen molar-refractivity contribution in [2.75, 3.05) is 19.6 Å². The molecule has 2 heterocycles. The predicted octanol–water partition coefficient (Wildman–Crippen LogP) is 2.16. The number of carbonyl (C=O) groups is 2. The molecule has 1 saturated heterocycles. The summed E-state index contributed by atoms with van der Waals surface area (Å²) in [5, 5.41) is 10.0. The molecule has 5 nitrogen and oxygen atoms in total. The van der Waals surface area contributed by atoms with Crippen LogP contribution in [-0.2, 0) is 4.79 Å². The molecule has 1 fully saturated rings. The molecule has 21 heavy (non-hydrogen) atoms. The molecule has 0 radical (unpaired) electrons. The molecule has 1 aliphatic heterocycles. The van der Waals surface area contributed by atoms with E-state index in [-0.39, 0.29) is 18.0 Å². The number of amides is 3. The van der Waals surface area contributed by atoms with Gasteiger partial charge in [0.15, 0.2) is 0 Å². The van der Waals surface area contributed by atoms with Gasteiger partial charge in [0, 0.05) is 32.1 Å². The molecule has 0 aromatic carbocycles.